The number of fused-ring (bicyclic) bond motifs is 5. The van der Waals surface area contributed by atoms with E-state index in [1.807, 2.05) is 0 Å². The summed E-state index contributed by atoms with van der Waals surface area (Å²) >= 11 is 2.14. The summed E-state index contributed by atoms with van der Waals surface area (Å²) in [7, 11) is 0. The van der Waals surface area contributed by atoms with E-state index >= 15 is 0 Å². The number of nitrogens with one attached hydrogen (secondary N) is 1. The SMILES string of the molecule is CSC1(CNC2CC3CC2C2CCCC32)CCCC1. The number of hydrogen-bond donors (Lipinski definition) is 1. The Morgan fingerprint density at radius 3 is 2.58 bits per heavy atom. The van der Waals surface area contributed by atoms with Crippen LogP contribution in [0.25, 0.3) is 0 Å². The Morgan fingerprint density at radius 1 is 1.00 bits per heavy atom. The highest BCUT2D eigenvalue weighted by molar-refractivity contribution is 8.00. The number of thioether (sulfide) groups is 1. The largest absolute Gasteiger partial charge is 0.312 e. The first-order valence-electron chi connectivity index (χ1n) is 8.60. The number of rotatable bonds is 4. The predicted molar refractivity (Wildman–Crippen MR) is 83.5 cm³/mol. The monoisotopic (exact) mass is 279 g/mol. The van der Waals surface area contributed by atoms with Crippen molar-refractivity contribution in [1.29, 1.82) is 0 Å². The first kappa shape index (κ1) is 13.0. The Hall–Kier alpha value is 0.310. The van der Waals surface area contributed by atoms with E-state index in [-0.39, 0.29) is 0 Å². The molecule has 0 spiro atoms. The van der Waals surface area contributed by atoms with Crippen molar-refractivity contribution < 1.29 is 0 Å². The molecule has 1 nitrogen and oxygen atoms in total. The normalized spacial score (nSPS) is 46.9. The summed E-state index contributed by atoms with van der Waals surface area (Å²) in [6.45, 7) is 1.29. The summed E-state index contributed by atoms with van der Waals surface area (Å²) in [5.74, 6) is 4.41. The molecule has 2 heteroatoms. The van der Waals surface area contributed by atoms with Gasteiger partial charge in [0.25, 0.3) is 0 Å². The molecule has 0 heterocycles. The zero-order chi connectivity index (χ0) is 12.9. The Labute approximate surface area is 122 Å². The van der Waals surface area contributed by atoms with E-state index in [0.29, 0.717) is 4.75 Å². The molecule has 4 saturated carbocycles. The Kier molecular flexibility index (Phi) is 3.38. The lowest BCUT2D eigenvalue weighted by molar-refractivity contribution is 0.206. The number of hydrogen-bond acceptors (Lipinski definition) is 2. The second-order valence-corrected chi connectivity index (χ2v) is 9.01. The summed E-state index contributed by atoms with van der Waals surface area (Å²) < 4.78 is 0.594. The van der Waals surface area contributed by atoms with Gasteiger partial charge in [-0.3, -0.25) is 0 Å². The third-order valence-electron chi connectivity index (χ3n) is 7.06. The lowest BCUT2D eigenvalue weighted by atomic mass is 9.79. The van der Waals surface area contributed by atoms with Crippen LogP contribution in [0.1, 0.15) is 57.8 Å². The minimum Gasteiger partial charge on any atom is -0.312 e. The van der Waals surface area contributed by atoms with E-state index in [1.54, 1.807) is 19.3 Å². The molecule has 4 aliphatic carbocycles. The van der Waals surface area contributed by atoms with E-state index in [2.05, 4.69) is 23.3 Å². The molecule has 1 N–H and O–H groups in total. The van der Waals surface area contributed by atoms with Gasteiger partial charge in [-0.1, -0.05) is 19.3 Å². The molecule has 5 atom stereocenters. The summed E-state index contributed by atoms with van der Waals surface area (Å²) in [4.78, 5) is 0. The van der Waals surface area contributed by atoms with Gasteiger partial charge >= 0.3 is 0 Å². The molecule has 19 heavy (non-hydrogen) atoms. The van der Waals surface area contributed by atoms with Gasteiger partial charge in [0, 0.05) is 17.3 Å². The van der Waals surface area contributed by atoms with Crippen LogP contribution in [0.2, 0.25) is 0 Å². The fraction of sp³-hybridized carbons (Fsp3) is 1.00. The van der Waals surface area contributed by atoms with Crippen LogP contribution in [0.15, 0.2) is 0 Å². The standard InChI is InChI=1S/C17H29NS/c1-19-17(7-2-3-8-17)11-18-16-10-12-9-15(16)14-6-4-5-13(12)14/h12-16,18H,2-11H2,1H3. The van der Waals surface area contributed by atoms with Crippen LogP contribution in [-0.2, 0) is 0 Å². The van der Waals surface area contributed by atoms with Gasteiger partial charge in [0.05, 0.1) is 0 Å². The van der Waals surface area contributed by atoms with Gasteiger partial charge in [0.1, 0.15) is 0 Å². The minimum atomic E-state index is 0.594. The van der Waals surface area contributed by atoms with Gasteiger partial charge in [-0.25, -0.2) is 0 Å². The van der Waals surface area contributed by atoms with E-state index in [9.17, 15) is 0 Å². The third kappa shape index (κ3) is 2.09. The van der Waals surface area contributed by atoms with E-state index in [0.717, 1.165) is 29.7 Å². The van der Waals surface area contributed by atoms with Crippen molar-refractivity contribution in [2.24, 2.45) is 23.7 Å². The Balaban J connectivity index is 1.37. The second-order valence-electron chi connectivity index (χ2n) is 7.74. The first-order valence-corrected chi connectivity index (χ1v) is 9.82. The topological polar surface area (TPSA) is 12.0 Å². The predicted octanol–water partition coefficient (Wildman–Crippen LogP) is 4.08. The van der Waals surface area contributed by atoms with Gasteiger partial charge in [-0.2, -0.15) is 11.8 Å². The molecule has 0 saturated heterocycles. The van der Waals surface area contributed by atoms with Crippen molar-refractivity contribution in [2.75, 3.05) is 12.8 Å². The molecule has 4 fully saturated rings. The third-order valence-corrected chi connectivity index (χ3v) is 8.48. The maximum atomic E-state index is 4.04. The molecular weight excluding hydrogens is 250 g/mol. The molecule has 0 aliphatic heterocycles. The summed E-state index contributed by atoms with van der Waals surface area (Å²) in [5, 5.41) is 4.04. The lowest BCUT2D eigenvalue weighted by Crippen LogP contribution is -2.45. The van der Waals surface area contributed by atoms with Crippen molar-refractivity contribution in [1.82, 2.24) is 5.32 Å². The highest BCUT2D eigenvalue weighted by Gasteiger charge is 2.53. The van der Waals surface area contributed by atoms with Gasteiger partial charge in [-0.05, 0) is 68.5 Å². The van der Waals surface area contributed by atoms with Crippen LogP contribution in [0.4, 0.5) is 0 Å². The highest BCUT2D eigenvalue weighted by Crippen LogP contribution is 2.58. The molecule has 0 aromatic carbocycles. The highest BCUT2D eigenvalue weighted by atomic mass is 32.2. The summed E-state index contributed by atoms with van der Waals surface area (Å²) in [5.41, 5.74) is 0. The second kappa shape index (κ2) is 4.94. The average molecular weight is 279 g/mol. The van der Waals surface area contributed by atoms with Crippen LogP contribution in [0, 0.1) is 23.7 Å². The Bertz CT molecular complexity index is 336. The van der Waals surface area contributed by atoms with Gasteiger partial charge < -0.3 is 5.32 Å². The Morgan fingerprint density at radius 2 is 1.79 bits per heavy atom. The van der Waals surface area contributed by atoms with Crippen LogP contribution in [0.3, 0.4) is 0 Å². The van der Waals surface area contributed by atoms with Gasteiger partial charge in [-0.15, -0.1) is 0 Å². The van der Waals surface area contributed by atoms with Crippen molar-refractivity contribution in [2.45, 2.75) is 68.6 Å². The average Bonchev–Trinajstić information content (AvgIpc) is 3.17. The van der Waals surface area contributed by atoms with Gasteiger partial charge in [0.2, 0.25) is 0 Å². The molecule has 0 amide bonds. The zero-order valence-electron chi connectivity index (χ0n) is 12.4. The first-order chi connectivity index (χ1) is 9.31. The van der Waals surface area contributed by atoms with Crippen molar-refractivity contribution in [3.05, 3.63) is 0 Å². The van der Waals surface area contributed by atoms with Crippen LogP contribution in [0.5, 0.6) is 0 Å². The molecule has 4 rings (SSSR count). The smallest absolute Gasteiger partial charge is 0.0281 e. The minimum absolute atomic E-state index is 0.594. The molecule has 0 aromatic heterocycles. The maximum absolute atomic E-state index is 4.04. The molecule has 0 radical (unpaired) electrons. The van der Waals surface area contributed by atoms with Gasteiger partial charge in [0.15, 0.2) is 0 Å². The zero-order valence-corrected chi connectivity index (χ0v) is 13.2. The van der Waals surface area contributed by atoms with Crippen LogP contribution < -0.4 is 5.32 Å². The quantitative estimate of drug-likeness (QED) is 0.832. The summed E-state index contributed by atoms with van der Waals surface area (Å²) in [6.07, 6.45) is 15.9. The van der Waals surface area contributed by atoms with Crippen LogP contribution in [-0.4, -0.2) is 23.6 Å². The van der Waals surface area contributed by atoms with E-state index in [1.165, 1.54) is 45.1 Å². The fourth-order valence-corrected chi connectivity index (χ4v) is 7.02. The van der Waals surface area contributed by atoms with Crippen LogP contribution >= 0.6 is 11.8 Å². The molecule has 2 bridgehead atoms. The molecule has 108 valence electrons. The van der Waals surface area contributed by atoms with Crippen molar-refractivity contribution in [3.63, 3.8) is 0 Å². The van der Waals surface area contributed by atoms with Crippen molar-refractivity contribution >= 4 is 11.8 Å². The molecular formula is C17H29NS. The molecule has 4 aliphatic rings. The van der Waals surface area contributed by atoms with Crippen molar-refractivity contribution in [3.8, 4) is 0 Å². The molecule has 0 aromatic rings. The maximum Gasteiger partial charge on any atom is 0.0281 e. The lowest BCUT2D eigenvalue weighted by Gasteiger charge is -2.35. The summed E-state index contributed by atoms with van der Waals surface area (Å²) in [6, 6.07) is 0.883. The van der Waals surface area contributed by atoms with E-state index in [4.69, 9.17) is 0 Å². The van der Waals surface area contributed by atoms with E-state index < -0.39 is 0 Å². The molecule has 5 unspecified atom stereocenters. The fourth-order valence-electron chi connectivity index (χ4n) is 6.09.